The molecule has 1 aromatic rings. The second-order valence-corrected chi connectivity index (χ2v) is 4.40. The summed E-state index contributed by atoms with van der Waals surface area (Å²) in [5, 5.41) is 0. The van der Waals surface area contributed by atoms with E-state index >= 15 is 0 Å². The molecule has 0 spiro atoms. The average molecular weight is 299 g/mol. The second-order valence-electron chi connectivity index (χ2n) is 3.01. The summed E-state index contributed by atoms with van der Waals surface area (Å²) in [6.45, 7) is 0. The van der Waals surface area contributed by atoms with Gasteiger partial charge in [0, 0.05) is 16.2 Å². The van der Waals surface area contributed by atoms with E-state index in [1.807, 2.05) is 36.5 Å². The Balaban J connectivity index is 2.06. The molecule has 14 heavy (non-hydrogen) atoms. The highest BCUT2D eigenvalue weighted by Crippen LogP contribution is 2.20. The molecule has 2 rings (SSSR count). The molecule has 0 N–H and O–H groups in total. The molecule has 1 aliphatic heterocycles. The van der Waals surface area contributed by atoms with Crippen LogP contribution in [0.2, 0.25) is 0 Å². The van der Waals surface area contributed by atoms with Crippen LogP contribution in [0.1, 0.15) is 12.8 Å². The number of aliphatic imine (C=N–C) groups is 1. The molecule has 0 radical (unpaired) electrons. The van der Waals surface area contributed by atoms with Crippen molar-refractivity contribution in [2.24, 2.45) is 4.99 Å². The molecule has 0 amide bonds. The SMILES string of the molecule is IC1=CN=C(Oc2ccccc2)CC1. The van der Waals surface area contributed by atoms with Gasteiger partial charge in [-0.3, -0.25) is 0 Å². The Morgan fingerprint density at radius 3 is 2.57 bits per heavy atom. The van der Waals surface area contributed by atoms with Crippen molar-refractivity contribution in [3.05, 3.63) is 40.1 Å². The van der Waals surface area contributed by atoms with Crippen molar-refractivity contribution in [2.75, 3.05) is 0 Å². The highest BCUT2D eigenvalue weighted by molar-refractivity contribution is 14.1. The van der Waals surface area contributed by atoms with Crippen LogP contribution in [0.25, 0.3) is 0 Å². The predicted molar refractivity (Wildman–Crippen MR) is 65.8 cm³/mol. The first-order valence-electron chi connectivity index (χ1n) is 4.49. The normalized spacial score (nSPS) is 15.8. The molecule has 1 aliphatic rings. The molecule has 0 aromatic heterocycles. The van der Waals surface area contributed by atoms with Gasteiger partial charge in [0.2, 0.25) is 0 Å². The second kappa shape index (κ2) is 4.59. The number of rotatable bonds is 1. The average Bonchev–Trinajstić information content (AvgIpc) is 2.23. The molecule has 2 nitrogen and oxygen atoms in total. The number of hydrogen-bond acceptors (Lipinski definition) is 2. The molecule has 0 fully saturated rings. The van der Waals surface area contributed by atoms with Gasteiger partial charge in [0.05, 0.1) is 0 Å². The van der Waals surface area contributed by atoms with Crippen molar-refractivity contribution in [1.29, 1.82) is 0 Å². The highest BCUT2D eigenvalue weighted by atomic mass is 127. The van der Waals surface area contributed by atoms with E-state index in [0.29, 0.717) is 0 Å². The van der Waals surface area contributed by atoms with Crippen molar-refractivity contribution in [3.8, 4) is 5.75 Å². The molecule has 0 saturated carbocycles. The van der Waals surface area contributed by atoms with Gasteiger partial charge in [-0.2, -0.15) is 0 Å². The number of benzene rings is 1. The maximum absolute atomic E-state index is 5.61. The van der Waals surface area contributed by atoms with Gasteiger partial charge in [-0.15, -0.1) is 0 Å². The molecule has 1 aromatic carbocycles. The quantitative estimate of drug-likeness (QED) is 0.727. The van der Waals surface area contributed by atoms with E-state index in [1.165, 1.54) is 3.58 Å². The lowest BCUT2D eigenvalue weighted by Gasteiger charge is -2.10. The molecule has 0 unspecified atom stereocenters. The van der Waals surface area contributed by atoms with Crippen LogP contribution in [0.3, 0.4) is 0 Å². The smallest absolute Gasteiger partial charge is 0.195 e. The summed E-state index contributed by atoms with van der Waals surface area (Å²) in [6, 6.07) is 9.76. The third-order valence-corrected chi connectivity index (χ3v) is 2.72. The van der Waals surface area contributed by atoms with Crippen molar-refractivity contribution < 1.29 is 4.74 Å². The number of ether oxygens (including phenoxy) is 1. The summed E-state index contributed by atoms with van der Waals surface area (Å²) >= 11 is 2.30. The maximum Gasteiger partial charge on any atom is 0.195 e. The van der Waals surface area contributed by atoms with E-state index in [9.17, 15) is 0 Å². The summed E-state index contributed by atoms with van der Waals surface area (Å²) in [6.07, 6.45) is 3.79. The van der Waals surface area contributed by atoms with Crippen LogP contribution >= 0.6 is 22.6 Å². The van der Waals surface area contributed by atoms with Crippen molar-refractivity contribution >= 4 is 28.5 Å². The van der Waals surface area contributed by atoms with Gasteiger partial charge >= 0.3 is 0 Å². The van der Waals surface area contributed by atoms with Gasteiger partial charge in [-0.05, 0) is 41.1 Å². The molecule has 1 heterocycles. The van der Waals surface area contributed by atoms with E-state index in [2.05, 4.69) is 27.6 Å². The number of halogens is 1. The number of hydrogen-bond donors (Lipinski definition) is 0. The monoisotopic (exact) mass is 299 g/mol. The molecule has 0 aliphatic carbocycles. The van der Waals surface area contributed by atoms with E-state index < -0.39 is 0 Å². The lowest BCUT2D eigenvalue weighted by Crippen LogP contribution is -2.10. The minimum absolute atomic E-state index is 0.802. The lowest BCUT2D eigenvalue weighted by molar-refractivity contribution is 0.529. The number of allylic oxidation sites excluding steroid dienone is 1. The Hall–Kier alpha value is -0.840. The zero-order valence-electron chi connectivity index (χ0n) is 7.61. The molecule has 0 saturated heterocycles. The third-order valence-electron chi connectivity index (χ3n) is 1.91. The van der Waals surface area contributed by atoms with Crippen molar-refractivity contribution in [2.45, 2.75) is 12.8 Å². The summed E-state index contributed by atoms with van der Waals surface area (Å²) in [5.41, 5.74) is 0. The minimum Gasteiger partial charge on any atom is -0.443 e. The first-order valence-corrected chi connectivity index (χ1v) is 5.56. The molecule has 0 atom stereocenters. The third kappa shape index (κ3) is 2.57. The fourth-order valence-corrected chi connectivity index (χ4v) is 1.61. The van der Waals surface area contributed by atoms with Crippen molar-refractivity contribution in [3.63, 3.8) is 0 Å². The van der Waals surface area contributed by atoms with Crippen molar-refractivity contribution in [1.82, 2.24) is 0 Å². The Morgan fingerprint density at radius 2 is 1.93 bits per heavy atom. The Kier molecular flexibility index (Phi) is 3.18. The first-order chi connectivity index (χ1) is 6.84. The van der Waals surface area contributed by atoms with Gasteiger partial charge in [-0.1, -0.05) is 18.2 Å². The van der Waals surface area contributed by atoms with E-state index in [4.69, 9.17) is 4.74 Å². The Bertz CT molecular complexity index is 370. The fraction of sp³-hybridized carbons (Fsp3) is 0.182. The molecular formula is C11H10INO. The number of para-hydroxylation sites is 1. The predicted octanol–water partition coefficient (Wildman–Crippen LogP) is 3.53. The summed E-state index contributed by atoms with van der Waals surface area (Å²) in [4.78, 5) is 4.23. The largest absolute Gasteiger partial charge is 0.443 e. The standard InChI is InChI=1S/C11H10INO/c12-9-6-7-11(13-8-9)14-10-4-2-1-3-5-10/h1-5,8H,6-7H2. The van der Waals surface area contributed by atoms with Gasteiger partial charge in [0.25, 0.3) is 0 Å². The van der Waals surface area contributed by atoms with Gasteiger partial charge in [-0.25, -0.2) is 4.99 Å². The van der Waals surface area contributed by atoms with E-state index in [0.717, 1.165) is 24.5 Å². The highest BCUT2D eigenvalue weighted by Gasteiger charge is 2.07. The molecule has 72 valence electrons. The maximum atomic E-state index is 5.61. The summed E-state index contributed by atoms with van der Waals surface area (Å²) < 4.78 is 6.89. The topological polar surface area (TPSA) is 21.6 Å². The minimum atomic E-state index is 0.802. The zero-order chi connectivity index (χ0) is 9.80. The van der Waals surface area contributed by atoms with Gasteiger partial charge in [0.1, 0.15) is 5.75 Å². The number of nitrogens with zero attached hydrogens (tertiary/aromatic N) is 1. The van der Waals surface area contributed by atoms with Crippen LogP contribution in [-0.4, -0.2) is 5.90 Å². The van der Waals surface area contributed by atoms with Gasteiger partial charge < -0.3 is 4.74 Å². The Morgan fingerprint density at radius 1 is 1.14 bits per heavy atom. The zero-order valence-corrected chi connectivity index (χ0v) is 9.77. The van der Waals surface area contributed by atoms with Gasteiger partial charge in [0.15, 0.2) is 5.90 Å². The van der Waals surface area contributed by atoms with Crippen LogP contribution in [0.15, 0.2) is 45.1 Å². The van der Waals surface area contributed by atoms with Crippen LogP contribution in [-0.2, 0) is 0 Å². The lowest BCUT2D eigenvalue weighted by atomic mass is 10.2. The Labute approximate surface area is 96.8 Å². The van der Waals surface area contributed by atoms with Crippen LogP contribution < -0.4 is 4.74 Å². The summed E-state index contributed by atoms with van der Waals surface area (Å²) in [5.74, 6) is 1.66. The molecule has 3 heteroatoms. The first kappa shape index (κ1) is 9.71. The van der Waals surface area contributed by atoms with E-state index in [1.54, 1.807) is 0 Å². The van der Waals surface area contributed by atoms with Crippen LogP contribution in [0.4, 0.5) is 0 Å². The van der Waals surface area contributed by atoms with Crippen LogP contribution in [0.5, 0.6) is 5.75 Å². The van der Waals surface area contributed by atoms with Crippen LogP contribution in [0, 0.1) is 0 Å². The van der Waals surface area contributed by atoms with E-state index in [-0.39, 0.29) is 0 Å². The molecule has 0 bridgehead atoms. The fourth-order valence-electron chi connectivity index (χ4n) is 1.20. The summed E-state index contributed by atoms with van der Waals surface area (Å²) in [7, 11) is 0. The molecular weight excluding hydrogens is 289 g/mol.